The van der Waals surface area contributed by atoms with Crippen molar-refractivity contribution in [3.8, 4) is 0 Å². The molecule has 1 atom stereocenters. The normalized spacial score (nSPS) is 23.0. The van der Waals surface area contributed by atoms with Gasteiger partial charge in [0.05, 0.1) is 6.54 Å². The van der Waals surface area contributed by atoms with Crippen molar-refractivity contribution in [2.75, 3.05) is 38.0 Å². The number of aryl methyl sites for hydroxylation is 2. The van der Waals surface area contributed by atoms with E-state index in [1.54, 1.807) is 0 Å². The van der Waals surface area contributed by atoms with E-state index in [9.17, 15) is 4.79 Å². The highest BCUT2D eigenvalue weighted by atomic mass is 16.2. The maximum atomic E-state index is 12.3. The number of nitrogens with zero attached hydrogens (tertiary/aromatic N) is 2. The van der Waals surface area contributed by atoms with Crippen LogP contribution in [0.5, 0.6) is 0 Å². The highest BCUT2D eigenvalue weighted by molar-refractivity contribution is 5.93. The van der Waals surface area contributed by atoms with Crippen molar-refractivity contribution in [1.29, 1.82) is 0 Å². The zero-order valence-electron chi connectivity index (χ0n) is 13.1. The molecule has 0 spiro atoms. The van der Waals surface area contributed by atoms with E-state index in [1.165, 1.54) is 19.4 Å². The Labute approximate surface area is 127 Å². The molecule has 0 radical (unpaired) electrons. The average Bonchev–Trinajstić information content (AvgIpc) is 2.90. The first-order chi connectivity index (χ1) is 10.1. The van der Waals surface area contributed by atoms with Crippen molar-refractivity contribution in [2.45, 2.75) is 32.7 Å². The molecule has 1 aromatic rings. The summed E-state index contributed by atoms with van der Waals surface area (Å²) >= 11 is 0. The number of carbonyl (C=O) groups is 1. The predicted molar refractivity (Wildman–Crippen MR) is 85.6 cm³/mol. The summed E-state index contributed by atoms with van der Waals surface area (Å²) in [5.41, 5.74) is 3.23. The van der Waals surface area contributed by atoms with Crippen LogP contribution in [0.25, 0.3) is 0 Å². The first kappa shape index (κ1) is 14.5. The molecule has 2 heterocycles. The van der Waals surface area contributed by atoms with Crippen LogP contribution in [0.15, 0.2) is 18.2 Å². The summed E-state index contributed by atoms with van der Waals surface area (Å²) in [5.74, 6) is 0.110. The van der Waals surface area contributed by atoms with E-state index in [2.05, 4.69) is 15.1 Å². The highest BCUT2D eigenvalue weighted by Gasteiger charge is 2.31. The van der Waals surface area contributed by atoms with Crippen LogP contribution in [0, 0.1) is 13.8 Å². The van der Waals surface area contributed by atoms with Gasteiger partial charge < -0.3 is 5.32 Å². The number of piperazine rings is 1. The van der Waals surface area contributed by atoms with Crippen LogP contribution in [0.3, 0.4) is 0 Å². The van der Waals surface area contributed by atoms with Crippen molar-refractivity contribution in [1.82, 2.24) is 9.80 Å². The SMILES string of the molecule is Cc1cccc(C)c1NC(=O)CN1CCN2CCCC2C1. The number of hydrogen-bond donors (Lipinski definition) is 1. The van der Waals surface area contributed by atoms with Crippen LogP contribution in [0.4, 0.5) is 5.69 Å². The first-order valence-corrected chi connectivity index (χ1v) is 7.96. The average molecular weight is 287 g/mol. The third-order valence-electron chi connectivity index (χ3n) is 4.78. The lowest BCUT2D eigenvalue weighted by molar-refractivity contribution is -0.117. The number of para-hydroxylation sites is 1. The lowest BCUT2D eigenvalue weighted by Crippen LogP contribution is -2.51. The number of anilines is 1. The van der Waals surface area contributed by atoms with Crippen molar-refractivity contribution < 1.29 is 4.79 Å². The Hall–Kier alpha value is -1.39. The second-order valence-corrected chi connectivity index (χ2v) is 6.38. The number of rotatable bonds is 3. The Morgan fingerprint density at radius 2 is 2.00 bits per heavy atom. The lowest BCUT2D eigenvalue weighted by atomic mass is 10.1. The third kappa shape index (κ3) is 3.27. The van der Waals surface area contributed by atoms with E-state index in [0.29, 0.717) is 12.6 Å². The number of hydrogen-bond acceptors (Lipinski definition) is 3. The minimum atomic E-state index is 0.110. The van der Waals surface area contributed by atoms with Gasteiger partial charge in [-0.1, -0.05) is 18.2 Å². The van der Waals surface area contributed by atoms with Crippen molar-refractivity contribution >= 4 is 11.6 Å². The molecule has 2 saturated heterocycles. The molecule has 2 aliphatic heterocycles. The van der Waals surface area contributed by atoms with E-state index in [-0.39, 0.29) is 5.91 Å². The molecule has 2 fully saturated rings. The van der Waals surface area contributed by atoms with Gasteiger partial charge in [0, 0.05) is 31.4 Å². The van der Waals surface area contributed by atoms with Gasteiger partial charge in [0.25, 0.3) is 0 Å². The molecule has 1 N–H and O–H groups in total. The Kier molecular flexibility index (Phi) is 4.27. The fourth-order valence-electron chi connectivity index (χ4n) is 3.59. The maximum absolute atomic E-state index is 12.3. The molecule has 1 amide bonds. The number of amides is 1. The Morgan fingerprint density at radius 1 is 1.24 bits per heavy atom. The molecular weight excluding hydrogens is 262 g/mol. The van der Waals surface area contributed by atoms with Gasteiger partial charge in [0.15, 0.2) is 0 Å². The Balaban J connectivity index is 1.57. The molecule has 1 unspecified atom stereocenters. The molecule has 4 heteroatoms. The quantitative estimate of drug-likeness (QED) is 0.924. The summed E-state index contributed by atoms with van der Waals surface area (Å²) in [6.07, 6.45) is 2.60. The topological polar surface area (TPSA) is 35.6 Å². The number of benzene rings is 1. The fourth-order valence-corrected chi connectivity index (χ4v) is 3.59. The van der Waals surface area contributed by atoms with Gasteiger partial charge in [0.2, 0.25) is 5.91 Å². The molecule has 114 valence electrons. The van der Waals surface area contributed by atoms with Gasteiger partial charge in [-0.05, 0) is 44.4 Å². The van der Waals surface area contributed by atoms with Crippen LogP contribution in [0.2, 0.25) is 0 Å². The number of nitrogens with one attached hydrogen (secondary N) is 1. The van der Waals surface area contributed by atoms with Gasteiger partial charge in [0.1, 0.15) is 0 Å². The van der Waals surface area contributed by atoms with Crippen LogP contribution < -0.4 is 5.32 Å². The standard InChI is InChI=1S/C17H25N3O/c1-13-5-3-6-14(2)17(13)18-16(21)12-19-9-10-20-8-4-7-15(20)11-19/h3,5-6,15H,4,7-12H2,1-2H3,(H,18,21). The molecule has 2 aliphatic rings. The molecule has 1 aromatic carbocycles. The number of fused-ring (bicyclic) bond motifs is 1. The summed E-state index contributed by atoms with van der Waals surface area (Å²) < 4.78 is 0. The molecule has 4 nitrogen and oxygen atoms in total. The Bertz CT molecular complexity index is 509. The van der Waals surface area contributed by atoms with E-state index < -0.39 is 0 Å². The second kappa shape index (κ2) is 6.16. The molecular formula is C17H25N3O. The van der Waals surface area contributed by atoms with Gasteiger partial charge in [-0.15, -0.1) is 0 Å². The Morgan fingerprint density at radius 3 is 2.76 bits per heavy atom. The van der Waals surface area contributed by atoms with Gasteiger partial charge in [-0.2, -0.15) is 0 Å². The van der Waals surface area contributed by atoms with Crippen molar-refractivity contribution in [3.05, 3.63) is 29.3 Å². The summed E-state index contributed by atoms with van der Waals surface area (Å²) in [7, 11) is 0. The molecule has 0 saturated carbocycles. The van der Waals surface area contributed by atoms with E-state index in [4.69, 9.17) is 0 Å². The third-order valence-corrected chi connectivity index (χ3v) is 4.78. The number of carbonyl (C=O) groups excluding carboxylic acids is 1. The fraction of sp³-hybridized carbons (Fsp3) is 0.588. The molecule has 0 aromatic heterocycles. The lowest BCUT2D eigenvalue weighted by Gasteiger charge is -2.37. The summed E-state index contributed by atoms with van der Waals surface area (Å²) in [4.78, 5) is 17.2. The van der Waals surface area contributed by atoms with Crippen LogP contribution >= 0.6 is 0 Å². The van der Waals surface area contributed by atoms with Gasteiger partial charge in [-0.25, -0.2) is 0 Å². The monoisotopic (exact) mass is 287 g/mol. The first-order valence-electron chi connectivity index (χ1n) is 7.96. The largest absolute Gasteiger partial charge is 0.324 e. The predicted octanol–water partition coefficient (Wildman–Crippen LogP) is 2.02. The van der Waals surface area contributed by atoms with Gasteiger partial charge in [-0.3, -0.25) is 14.6 Å². The van der Waals surface area contributed by atoms with E-state index >= 15 is 0 Å². The minimum Gasteiger partial charge on any atom is -0.324 e. The van der Waals surface area contributed by atoms with Crippen molar-refractivity contribution in [2.24, 2.45) is 0 Å². The molecule has 21 heavy (non-hydrogen) atoms. The maximum Gasteiger partial charge on any atom is 0.238 e. The zero-order valence-corrected chi connectivity index (χ0v) is 13.1. The highest BCUT2D eigenvalue weighted by Crippen LogP contribution is 2.22. The second-order valence-electron chi connectivity index (χ2n) is 6.38. The summed E-state index contributed by atoms with van der Waals surface area (Å²) in [6.45, 7) is 9.00. The van der Waals surface area contributed by atoms with E-state index in [1.807, 2.05) is 32.0 Å². The van der Waals surface area contributed by atoms with Crippen LogP contribution in [0.1, 0.15) is 24.0 Å². The zero-order chi connectivity index (χ0) is 14.8. The van der Waals surface area contributed by atoms with Crippen molar-refractivity contribution in [3.63, 3.8) is 0 Å². The summed E-state index contributed by atoms with van der Waals surface area (Å²) in [5, 5.41) is 3.09. The minimum absolute atomic E-state index is 0.110. The summed E-state index contributed by atoms with van der Waals surface area (Å²) in [6, 6.07) is 6.78. The van der Waals surface area contributed by atoms with Gasteiger partial charge >= 0.3 is 0 Å². The molecule has 0 bridgehead atoms. The van der Waals surface area contributed by atoms with Crippen LogP contribution in [-0.2, 0) is 4.79 Å². The smallest absolute Gasteiger partial charge is 0.238 e. The molecule has 0 aliphatic carbocycles. The molecule has 3 rings (SSSR count). The van der Waals surface area contributed by atoms with Crippen LogP contribution in [-0.4, -0.2) is 54.5 Å². The van der Waals surface area contributed by atoms with E-state index in [0.717, 1.165) is 36.4 Å².